The number of rotatable bonds is 13. The minimum atomic E-state index is -1.19. The summed E-state index contributed by atoms with van der Waals surface area (Å²) in [5.41, 5.74) is 12.4. The SMILES string of the molecule is CC(NC(=O)C(C)NC(=O)C(CCCCN)NC(=O)C(N)Cc1ccccc1)C(=O)O. The van der Waals surface area contributed by atoms with E-state index < -0.39 is 47.9 Å². The number of carboxylic acids is 1. The molecule has 0 saturated heterocycles. The molecular formula is C21H33N5O5. The third kappa shape index (κ3) is 9.58. The zero-order chi connectivity index (χ0) is 23.4. The summed E-state index contributed by atoms with van der Waals surface area (Å²) in [6.45, 7) is 3.20. The van der Waals surface area contributed by atoms with Crippen LogP contribution in [-0.4, -0.2) is 59.5 Å². The van der Waals surface area contributed by atoms with Crippen LogP contribution in [0.5, 0.6) is 0 Å². The van der Waals surface area contributed by atoms with Gasteiger partial charge in [0.25, 0.3) is 0 Å². The Morgan fingerprint density at radius 1 is 0.903 bits per heavy atom. The molecule has 8 N–H and O–H groups in total. The van der Waals surface area contributed by atoms with Gasteiger partial charge in [0.05, 0.1) is 6.04 Å². The normalized spacial score (nSPS) is 14.6. The van der Waals surface area contributed by atoms with E-state index in [1.165, 1.54) is 13.8 Å². The van der Waals surface area contributed by atoms with E-state index in [2.05, 4.69) is 16.0 Å². The highest BCUT2D eigenvalue weighted by atomic mass is 16.4. The first-order valence-electron chi connectivity index (χ1n) is 10.3. The average molecular weight is 436 g/mol. The molecule has 31 heavy (non-hydrogen) atoms. The number of hydrogen-bond acceptors (Lipinski definition) is 6. The molecule has 0 aliphatic rings. The summed E-state index contributed by atoms with van der Waals surface area (Å²) in [6, 6.07) is 5.46. The summed E-state index contributed by atoms with van der Waals surface area (Å²) in [4.78, 5) is 48.2. The molecular weight excluding hydrogens is 402 g/mol. The first-order valence-corrected chi connectivity index (χ1v) is 10.3. The van der Waals surface area contributed by atoms with E-state index in [0.29, 0.717) is 32.2 Å². The van der Waals surface area contributed by atoms with Crippen LogP contribution < -0.4 is 27.4 Å². The smallest absolute Gasteiger partial charge is 0.325 e. The number of nitrogens with two attached hydrogens (primary N) is 2. The van der Waals surface area contributed by atoms with E-state index in [1.807, 2.05) is 30.3 Å². The zero-order valence-electron chi connectivity index (χ0n) is 18.0. The Hall–Kier alpha value is -2.98. The molecule has 0 bridgehead atoms. The molecule has 1 aromatic carbocycles. The molecule has 0 fully saturated rings. The first-order chi connectivity index (χ1) is 14.6. The van der Waals surface area contributed by atoms with Gasteiger partial charge in [0.2, 0.25) is 17.7 Å². The Labute approximate surface area is 182 Å². The largest absolute Gasteiger partial charge is 0.480 e. The summed E-state index contributed by atoms with van der Waals surface area (Å²) >= 11 is 0. The van der Waals surface area contributed by atoms with Gasteiger partial charge in [-0.2, -0.15) is 0 Å². The third-order valence-electron chi connectivity index (χ3n) is 4.70. The molecule has 0 heterocycles. The van der Waals surface area contributed by atoms with Crippen molar-refractivity contribution in [3.05, 3.63) is 35.9 Å². The number of benzene rings is 1. The Bertz CT molecular complexity index is 743. The monoisotopic (exact) mass is 435 g/mol. The fourth-order valence-electron chi connectivity index (χ4n) is 2.78. The maximum atomic E-state index is 12.7. The second-order valence-electron chi connectivity index (χ2n) is 7.44. The molecule has 4 unspecified atom stereocenters. The van der Waals surface area contributed by atoms with Crippen LogP contribution >= 0.6 is 0 Å². The molecule has 10 heteroatoms. The predicted octanol–water partition coefficient (Wildman–Crippen LogP) is -0.736. The molecule has 0 saturated carbocycles. The second kappa shape index (κ2) is 13.3. The fraction of sp³-hybridized carbons (Fsp3) is 0.524. The highest BCUT2D eigenvalue weighted by Crippen LogP contribution is 2.05. The van der Waals surface area contributed by atoms with E-state index in [9.17, 15) is 19.2 Å². The molecule has 0 radical (unpaired) electrons. The van der Waals surface area contributed by atoms with Crippen LogP contribution in [0.3, 0.4) is 0 Å². The molecule has 1 aromatic rings. The lowest BCUT2D eigenvalue weighted by atomic mass is 10.0. The van der Waals surface area contributed by atoms with Crippen molar-refractivity contribution in [2.75, 3.05) is 6.54 Å². The number of amides is 3. The Kier molecular flexibility index (Phi) is 11.2. The van der Waals surface area contributed by atoms with E-state index in [-0.39, 0.29) is 0 Å². The lowest BCUT2D eigenvalue weighted by Crippen LogP contribution is -2.56. The number of nitrogens with one attached hydrogen (secondary N) is 3. The van der Waals surface area contributed by atoms with Gasteiger partial charge in [0.15, 0.2) is 0 Å². The minimum Gasteiger partial charge on any atom is -0.480 e. The lowest BCUT2D eigenvalue weighted by molar-refractivity contribution is -0.141. The predicted molar refractivity (Wildman–Crippen MR) is 116 cm³/mol. The third-order valence-corrected chi connectivity index (χ3v) is 4.70. The van der Waals surface area contributed by atoms with E-state index in [4.69, 9.17) is 16.6 Å². The van der Waals surface area contributed by atoms with Gasteiger partial charge in [-0.05, 0) is 51.6 Å². The van der Waals surface area contributed by atoms with Gasteiger partial charge in [-0.25, -0.2) is 0 Å². The van der Waals surface area contributed by atoms with E-state index >= 15 is 0 Å². The van der Waals surface area contributed by atoms with Crippen molar-refractivity contribution >= 4 is 23.7 Å². The average Bonchev–Trinajstić information content (AvgIpc) is 2.73. The maximum Gasteiger partial charge on any atom is 0.325 e. The fourth-order valence-corrected chi connectivity index (χ4v) is 2.78. The molecule has 172 valence electrons. The van der Waals surface area contributed by atoms with Crippen molar-refractivity contribution in [1.29, 1.82) is 0 Å². The Morgan fingerprint density at radius 2 is 1.52 bits per heavy atom. The highest BCUT2D eigenvalue weighted by molar-refractivity contribution is 5.93. The van der Waals surface area contributed by atoms with Gasteiger partial charge < -0.3 is 32.5 Å². The van der Waals surface area contributed by atoms with E-state index in [0.717, 1.165) is 5.56 Å². The summed E-state index contributed by atoms with van der Waals surface area (Å²) in [5.74, 6) is -2.86. The lowest BCUT2D eigenvalue weighted by Gasteiger charge is -2.23. The number of carbonyl (C=O) groups is 4. The van der Waals surface area contributed by atoms with Gasteiger partial charge in [0.1, 0.15) is 18.1 Å². The molecule has 10 nitrogen and oxygen atoms in total. The van der Waals surface area contributed by atoms with Crippen molar-refractivity contribution in [2.45, 2.75) is 63.7 Å². The van der Waals surface area contributed by atoms with Crippen LogP contribution in [0.4, 0.5) is 0 Å². The van der Waals surface area contributed by atoms with Crippen molar-refractivity contribution in [2.24, 2.45) is 11.5 Å². The highest BCUT2D eigenvalue weighted by Gasteiger charge is 2.27. The Morgan fingerprint density at radius 3 is 2.10 bits per heavy atom. The number of hydrogen-bond donors (Lipinski definition) is 6. The van der Waals surface area contributed by atoms with Gasteiger partial charge in [0, 0.05) is 0 Å². The van der Waals surface area contributed by atoms with Gasteiger partial charge in [-0.15, -0.1) is 0 Å². The summed E-state index contributed by atoms with van der Waals surface area (Å²) < 4.78 is 0. The summed E-state index contributed by atoms with van der Waals surface area (Å²) in [5, 5.41) is 16.3. The van der Waals surface area contributed by atoms with Gasteiger partial charge >= 0.3 is 5.97 Å². The van der Waals surface area contributed by atoms with Crippen molar-refractivity contribution in [3.8, 4) is 0 Å². The van der Waals surface area contributed by atoms with Crippen LogP contribution in [0.2, 0.25) is 0 Å². The molecule has 0 aromatic heterocycles. The number of aliphatic carboxylic acids is 1. The maximum absolute atomic E-state index is 12.7. The zero-order valence-corrected chi connectivity index (χ0v) is 18.0. The topological polar surface area (TPSA) is 177 Å². The van der Waals surface area contributed by atoms with Gasteiger partial charge in [-0.3, -0.25) is 19.2 Å². The van der Waals surface area contributed by atoms with Crippen LogP contribution in [-0.2, 0) is 25.6 Å². The van der Waals surface area contributed by atoms with Crippen molar-refractivity contribution in [3.63, 3.8) is 0 Å². The first kappa shape index (κ1) is 26.1. The summed E-state index contributed by atoms with van der Waals surface area (Å²) in [7, 11) is 0. The minimum absolute atomic E-state index is 0.315. The van der Waals surface area contributed by atoms with Crippen molar-refractivity contribution < 1.29 is 24.3 Å². The molecule has 1 rings (SSSR count). The molecule has 3 amide bonds. The molecule has 0 spiro atoms. The van der Waals surface area contributed by atoms with E-state index in [1.54, 1.807) is 0 Å². The quantitative estimate of drug-likeness (QED) is 0.221. The molecule has 4 atom stereocenters. The van der Waals surface area contributed by atoms with Crippen LogP contribution in [0.25, 0.3) is 0 Å². The number of carbonyl (C=O) groups excluding carboxylic acids is 3. The second-order valence-corrected chi connectivity index (χ2v) is 7.44. The summed E-state index contributed by atoms with van der Waals surface area (Å²) in [6.07, 6.45) is 1.91. The standard InChI is InChI=1S/C21H33N5O5/c1-13(18(27)25-14(2)21(30)31)24-20(29)17(10-6-7-11-22)26-19(28)16(23)12-15-8-4-3-5-9-15/h3-5,8-9,13-14,16-17H,6-7,10-12,22-23H2,1-2H3,(H,24,29)(H,25,27)(H,26,28)(H,30,31). The number of unbranched alkanes of at least 4 members (excludes halogenated alkanes) is 1. The Balaban J connectivity index is 2.72. The van der Waals surface area contributed by atoms with Gasteiger partial charge in [-0.1, -0.05) is 30.3 Å². The molecule has 0 aliphatic heterocycles. The van der Waals surface area contributed by atoms with Crippen LogP contribution in [0.15, 0.2) is 30.3 Å². The van der Waals surface area contributed by atoms with Crippen LogP contribution in [0, 0.1) is 0 Å². The number of carboxylic acid groups (broad SMARTS) is 1. The van der Waals surface area contributed by atoms with Crippen molar-refractivity contribution in [1.82, 2.24) is 16.0 Å². The molecule has 0 aliphatic carbocycles. The van der Waals surface area contributed by atoms with Crippen LogP contribution in [0.1, 0.15) is 38.7 Å².